The molecular formula is C25H32N4O4. The van der Waals surface area contributed by atoms with Crippen molar-refractivity contribution in [3.8, 4) is 5.75 Å². The number of aryl methyl sites for hydroxylation is 1. The Morgan fingerprint density at radius 3 is 2.58 bits per heavy atom. The number of para-hydroxylation sites is 1. The summed E-state index contributed by atoms with van der Waals surface area (Å²) in [5, 5.41) is 6.29. The van der Waals surface area contributed by atoms with Gasteiger partial charge in [-0.15, -0.1) is 0 Å². The molecule has 2 heterocycles. The lowest BCUT2D eigenvalue weighted by Crippen LogP contribution is -2.46. The quantitative estimate of drug-likeness (QED) is 0.586. The van der Waals surface area contributed by atoms with E-state index in [4.69, 9.17) is 14.6 Å². The first-order valence-electron chi connectivity index (χ1n) is 11.4. The molecule has 0 saturated heterocycles. The van der Waals surface area contributed by atoms with Gasteiger partial charge in [0.15, 0.2) is 0 Å². The molecule has 0 spiro atoms. The van der Waals surface area contributed by atoms with E-state index in [0.717, 1.165) is 36.2 Å². The summed E-state index contributed by atoms with van der Waals surface area (Å²) in [5.41, 5.74) is 2.70. The minimum atomic E-state index is -0.304. The Hall–Kier alpha value is -3.13. The molecule has 0 radical (unpaired) electrons. The highest BCUT2D eigenvalue weighted by atomic mass is 16.5. The van der Waals surface area contributed by atoms with E-state index in [1.165, 1.54) is 5.01 Å². The Bertz CT molecular complexity index is 1030. The van der Waals surface area contributed by atoms with Crippen molar-refractivity contribution >= 4 is 17.5 Å². The van der Waals surface area contributed by atoms with Gasteiger partial charge in [0.25, 0.3) is 5.91 Å². The molecular weight excluding hydrogens is 420 g/mol. The van der Waals surface area contributed by atoms with E-state index < -0.39 is 0 Å². The molecule has 33 heavy (non-hydrogen) atoms. The summed E-state index contributed by atoms with van der Waals surface area (Å²) in [7, 11) is 5.19. The lowest BCUT2D eigenvalue weighted by atomic mass is 9.84. The van der Waals surface area contributed by atoms with Crippen molar-refractivity contribution in [1.82, 2.24) is 14.5 Å². The Morgan fingerprint density at radius 2 is 1.94 bits per heavy atom. The molecule has 1 aromatic carbocycles. The van der Waals surface area contributed by atoms with Crippen LogP contribution in [0.25, 0.3) is 0 Å². The molecule has 8 nitrogen and oxygen atoms in total. The Labute approximate surface area is 194 Å². The number of carbonyl (C=O) groups excluding carboxylic acids is 2. The molecule has 8 heteroatoms. The molecule has 1 aliphatic carbocycles. The Morgan fingerprint density at radius 1 is 1.15 bits per heavy atom. The number of methoxy groups -OCH3 is 2. The third-order valence-corrected chi connectivity index (χ3v) is 6.56. The minimum Gasteiger partial charge on any atom is -0.496 e. The first-order chi connectivity index (χ1) is 16.0. The van der Waals surface area contributed by atoms with E-state index in [1.807, 2.05) is 54.2 Å². The number of ether oxygens (including phenoxy) is 2. The number of hydrogen-bond donors (Lipinski definition) is 0. The maximum absolute atomic E-state index is 13.6. The summed E-state index contributed by atoms with van der Waals surface area (Å²) in [6.45, 7) is 0.757. The number of nitrogens with zero attached hydrogens (tertiary/aromatic N) is 4. The van der Waals surface area contributed by atoms with Gasteiger partial charge in [0.05, 0.1) is 31.2 Å². The molecule has 2 aromatic rings. The average molecular weight is 453 g/mol. The molecule has 0 bridgehead atoms. The standard InChI is InChI=1S/C25H32N4O4/c1-27-13-7-11-21(27)20-16-22(19-10-4-5-12-23(19)33-3)29(26-20)24(30)17-28(14-15-32-2)25(31)18-8-6-9-18/h4-5,7,10-13,18,22H,6,8-9,14-17H2,1-3H3/t22-/m0/s1. The van der Waals surface area contributed by atoms with Gasteiger partial charge < -0.3 is 18.9 Å². The SMILES string of the molecule is COCCN(CC(=O)N1N=C(c2cccn2C)C[C@H]1c1ccccc1OC)C(=O)C1CCC1. The van der Waals surface area contributed by atoms with Gasteiger partial charge in [-0.1, -0.05) is 24.6 Å². The summed E-state index contributed by atoms with van der Waals surface area (Å²) >= 11 is 0. The van der Waals surface area contributed by atoms with Gasteiger partial charge in [-0.05, 0) is 31.0 Å². The maximum Gasteiger partial charge on any atom is 0.262 e. The second kappa shape index (κ2) is 10.2. The third-order valence-electron chi connectivity index (χ3n) is 6.56. The van der Waals surface area contributed by atoms with Crippen LogP contribution in [0, 0.1) is 5.92 Å². The molecule has 176 valence electrons. The average Bonchev–Trinajstić information content (AvgIpc) is 3.41. The van der Waals surface area contributed by atoms with Crippen LogP contribution in [0.4, 0.5) is 0 Å². The van der Waals surface area contributed by atoms with Crippen molar-refractivity contribution in [2.24, 2.45) is 18.1 Å². The van der Waals surface area contributed by atoms with E-state index in [2.05, 4.69) is 0 Å². The Kier molecular flexibility index (Phi) is 7.13. The minimum absolute atomic E-state index is 0.0145. The predicted molar refractivity (Wildman–Crippen MR) is 125 cm³/mol. The fourth-order valence-corrected chi connectivity index (χ4v) is 4.46. The molecule has 4 rings (SSSR count). The van der Waals surface area contributed by atoms with Gasteiger partial charge in [-0.25, -0.2) is 5.01 Å². The lowest BCUT2D eigenvalue weighted by molar-refractivity contribution is -0.146. The van der Waals surface area contributed by atoms with Crippen LogP contribution in [0.15, 0.2) is 47.7 Å². The molecule has 1 fully saturated rings. The van der Waals surface area contributed by atoms with Crippen molar-refractivity contribution in [2.75, 3.05) is 33.9 Å². The molecule has 0 unspecified atom stereocenters. The number of aromatic nitrogens is 1. The summed E-state index contributed by atoms with van der Waals surface area (Å²) < 4.78 is 12.8. The molecule has 2 aliphatic rings. The van der Waals surface area contributed by atoms with Crippen LogP contribution in [0.5, 0.6) is 5.75 Å². The first-order valence-corrected chi connectivity index (χ1v) is 11.4. The monoisotopic (exact) mass is 452 g/mol. The van der Waals surface area contributed by atoms with Gasteiger partial charge in [0.2, 0.25) is 5.91 Å². The highest BCUT2D eigenvalue weighted by Crippen LogP contribution is 2.37. The zero-order chi connectivity index (χ0) is 23.4. The van der Waals surface area contributed by atoms with Crippen LogP contribution in [0.2, 0.25) is 0 Å². The number of benzene rings is 1. The van der Waals surface area contributed by atoms with Crippen LogP contribution >= 0.6 is 0 Å². The predicted octanol–water partition coefficient (Wildman–Crippen LogP) is 2.99. The van der Waals surface area contributed by atoms with E-state index in [9.17, 15) is 9.59 Å². The van der Waals surface area contributed by atoms with Crippen molar-refractivity contribution in [3.63, 3.8) is 0 Å². The fraction of sp³-hybridized carbons (Fsp3) is 0.480. The van der Waals surface area contributed by atoms with Crippen molar-refractivity contribution < 1.29 is 19.1 Å². The van der Waals surface area contributed by atoms with Crippen LogP contribution in [-0.2, 0) is 21.4 Å². The van der Waals surface area contributed by atoms with Crippen LogP contribution in [-0.4, -0.2) is 65.9 Å². The second-order valence-corrected chi connectivity index (χ2v) is 8.63. The summed E-state index contributed by atoms with van der Waals surface area (Å²) in [6.07, 6.45) is 5.37. The van der Waals surface area contributed by atoms with E-state index in [0.29, 0.717) is 25.3 Å². The van der Waals surface area contributed by atoms with E-state index >= 15 is 0 Å². The van der Waals surface area contributed by atoms with Crippen LogP contribution in [0.3, 0.4) is 0 Å². The van der Waals surface area contributed by atoms with Crippen molar-refractivity contribution in [2.45, 2.75) is 31.7 Å². The first kappa shape index (κ1) is 23.0. The number of hydrogen-bond acceptors (Lipinski definition) is 5. The van der Waals surface area contributed by atoms with Gasteiger partial charge in [-0.3, -0.25) is 9.59 Å². The van der Waals surface area contributed by atoms with E-state index in [1.54, 1.807) is 19.1 Å². The number of hydrazone groups is 1. The van der Waals surface area contributed by atoms with Crippen molar-refractivity contribution in [3.05, 3.63) is 53.9 Å². The largest absolute Gasteiger partial charge is 0.496 e. The van der Waals surface area contributed by atoms with Gasteiger partial charge in [0.1, 0.15) is 12.3 Å². The Balaban J connectivity index is 1.62. The highest BCUT2D eigenvalue weighted by molar-refractivity contribution is 6.02. The second-order valence-electron chi connectivity index (χ2n) is 8.63. The maximum atomic E-state index is 13.6. The molecule has 0 N–H and O–H groups in total. The fourth-order valence-electron chi connectivity index (χ4n) is 4.46. The highest BCUT2D eigenvalue weighted by Gasteiger charge is 2.37. The smallest absolute Gasteiger partial charge is 0.262 e. The molecule has 1 saturated carbocycles. The van der Waals surface area contributed by atoms with Gasteiger partial charge in [0, 0.05) is 44.8 Å². The zero-order valence-electron chi connectivity index (χ0n) is 19.6. The van der Waals surface area contributed by atoms with Gasteiger partial charge >= 0.3 is 0 Å². The summed E-state index contributed by atoms with van der Waals surface area (Å²) in [5.74, 6) is 0.552. The molecule has 1 aromatic heterocycles. The number of rotatable bonds is 9. The molecule has 1 aliphatic heterocycles. The van der Waals surface area contributed by atoms with Crippen LogP contribution < -0.4 is 4.74 Å². The molecule has 1 atom stereocenters. The van der Waals surface area contributed by atoms with Crippen LogP contribution in [0.1, 0.15) is 43.0 Å². The van der Waals surface area contributed by atoms with E-state index in [-0.39, 0.29) is 30.3 Å². The lowest BCUT2D eigenvalue weighted by Gasteiger charge is -2.32. The number of amides is 2. The summed E-state index contributed by atoms with van der Waals surface area (Å²) in [4.78, 5) is 28.2. The zero-order valence-corrected chi connectivity index (χ0v) is 19.6. The normalized spacial score (nSPS) is 18.1. The van der Waals surface area contributed by atoms with Gasteiger partial charge in [-0.2, -0.15) is 5.10 Å². The third kappa shape index (κ3) is 4.80. The topological polar surface area (TPSA) is 76.4 Å². The summed E-state index contributed by atoms with van der Waals surface area (Å²) in [6, 6.07) is 11.4. The number of carbonyl (C=O) groups is 2. The van der Waals surface area contributed by atoms with Crippen molar-refractivity contribution in [1.29, 1.82) is 0 Å². The molecule has 2 amide bonds.